The Morgan fingerprint density at radius 3 is 2.77 bits per heavy atom. The molecule has 1 fully saturated rings. The molecule has 4 aromatic rings. The molecule has 0 unspecified atom stereocenters. The van der Waals surface area contributed by atoms with Crippen LogP contribution in [0.2, 0.25) is 0 Å². The second kappa shape index (κ2) is 9.15. The van der Waals surface area contributed by atoms with E-state index in [4.69, 9.17) is 0 Å². The number of aromatic carboxylic acids is 1. The number of fused-ring (bicyclic) bond motifs is 1. The van der Waals surface area contributed by atoms with E-state index in [0.29, 0.717) is 40.4 Å². The second-order valence-electron chi connectivity index (χ2n) is 8.20. The van der Waals surface area contributed by atoms with Crippen LogP contribution in [0.5, 0.6) is 0 Å². The molecule has 180 valence electrons. The van der Waals surface area contributed by atoms with Gasteiger partial charge < -0.3 is 15.3 Å². The Kier molecular flexibility index (Phi) is 6.03. The maximum absolute atomic E-state index is 12.9. The third-order valence-corrected chi connectivity index (χ3v) is 7.40. The van der Waals surface area contributed by atoms with Crippen molar-refractivity contribution < 1.29 is 14.7 Å². The summed E-state index contributed by atoms with van der Waals surface area (Å²) in [5.74, 6) is -1.06. The minimum absolute atomic E-state index is 0.122. The van der Waals surface area contributed by atoms with Crippen molar-refractivity contribution in [2.24, 2.45) is 5.92 Å². The van der Waals surface area contributed by atoms with E-state index in [2.05, 4.69) is 32.4 Å². The minimum Gasteiger partial charge on any atom is -0.477 e. The molecular weight excluding hydrogens is 490 g/mol. The SMILES string of the molecule is CCCc1nnc(NC(=O)C2CN(c3cc(C)c4c(=O)c(C(=O)O)cn(-c5nccs5)c4n3)C2)s1. The lowest BCUT2D eigenvalue weighted by atomic mass is 9.99. The molecule has 11 nitrogen and oxygen atoms in total. The molecular formula is C22H21N7O4S2. The first-order valence-corrected chi connectivity index (χ1v) is 12.6. The average molecular weight is 512 g/mol. The van der Waals surface area contributed by atoms with Crippen molar-refractivity contribution in [2.75, 3.05) is 23.3 Å². The number of hydrogen-bond acceptors (Lipinski definition) is 10. The summed E-state index contributed by atoms with van der Waals surface area (Å²) in [5, 5.41) is 24.4. The molecule has 4 aromatic heterocycles. The zero-order valence-electron chi connectivity index (χ0n) is 18.9. The highest BCUT2D eigenvalue weighted by atomic mass is 32.1. The van der Waals surface area contributed by atoms with Crippen molar-refractivity contribution in [2.45, 2.75) is 26.7 Å². The number of anilines is 2. The molecule has 1 amide bonds. The summed E-state index contributed by atoms with van der Waals surface area (Å²) >= 11 is 2.69. The van der Waals surface area contributed by atoms with Gasteiger partial charge in [-0.1, -0.05) is 18.3 Å². The molecule has 1 aliphatic rings. The topological polar surface area (TPSA) is 143 Å². The van der Waals surface area contributed by atoms with Crippen LogP contribution >= 0.6 is 22.7 Å². The zero-order valence-corrected chi connectivity index (χ0v) is 20.5. The lowest BCUT2D eigenvalue weighted by Gasteiger charge is -2.39. The summed E-state index contributed by atoms with van der Waals surface area (Å²) in [6.07, 6.45) is 4.66. The molecule has 0 bridgehead atoms. The fourth-order valence-electron chi connectivity index (χ4n) is 3.93. The Morgan fingerprint density at radius 2 is 2.09 bits per heavy atom. The molecule has 0 radical (unpaired) electrons. The first-order chi connectivity index (χ1) is 16.9. The van der Waals surface area contributed by atoms with E-state index < -0.39 is 11.4 Å². The number of amides is 1. The maximum Gasteiger partial charge on any atom is 0.341 e. The number of nitrogens with zero attached hydrogens (tertiary/aromatic N) is 6. The van der Waals surface area contributed by atoms with E-state index >= 15 is 0 Å². The summed E-state index contributed by atoms with van der Waals surface area (Å²) in [7, 11) is 0. The molecule has 0 aliphatic carbocycles. The molecule has 0 aromatic carbocycles. The Hall–Kier alpha value is -3.71. The van der Waals surface area contributed by atoms with Crippen LogP contribution in [0.1, 0.15) is 34.3 Å². The number of carbonyl (C=O) groups is 2. The fraction of sp³-hybridized carbons (Fsp3) is 0.318. The van der Waals surface area contributed by atoms with Crippen molar-refractivity contribution in [1.82, 2.24) is 24.7 Å². The van der Waals surface area contributed by atoms with Gasteiger partial charge in [0.1, 0.15) is 16.4 Å². The van der Waals surface area contributed by atoms with Crippen LogP contribution in [-0.4, -0.2) is 54.8 Å². The number of pyridine rings is 2. The normalized spacial score (nSPS) is 13.7. The van der Waals surface area contributed by atoms with Gasteiger partial charge in [0.2, 0.25) is 16.5 Å². The number of carboxylic acids is 1. The number of carbonyl (C=O) groups excluding carboxylic acids is 1. The van der Waals surface area contributed by atoms with Gasteiger partial charge in [-0.3, -0.25) is 14.2 Å². The molecule has 1 saturated heterocycles. The predicted molar refractivity (Wildman–Crippen MR) is 133 cm³/mol. The van der Waals surface area contributed by atoms with Gasteiger partial charge in [0.05, 0.1) is 11.3 Å². The number of rotatable bonds is 7. The molecule has 0 saturated carbocycles. The van der Waals surface area contributed by atoms with E-state index in [1.165, 1.54) is 33.4 Å². The van der Waals surface area contributed by atoms with Gasteiger partial charge >= 0.3 is 5.97 Å². The Balaban J connectivity index is 1.41. The third-order valence-electron chi connectivity index (χ3n) is 5.74. The molecule has 1 aliphatic heterocycles. The van der Waals surface area contributed by atoms with Crippen molar-refractivity contribution in [3.05, 3.63) is 50.2 Å². The Labute approximate surface area is 207 Å². The number of aromatic nitrogens is 5. The largest absolute Gasteiger partial charge is 0.477 e. The van der Waals surface area contributed by atoms with Gasteiger partial charge in [-0.15, -0.1) is 21.5 Å². The Bertz CT molecular complexity index is 1490. The lowest BCUT2D eigenvalue weighted by molar-refractivity contribution is -0.120. The van der Waals surface area contributed by atoms with Crippen LogP contribution in [0.15, 0.2) is 28.6 Å². The smallest absolute Gasteiger partial charge is 0.341 e. The predicted octanol–water partition coefficient (Wildman–Crippen LogP) is 2.73. The number of nitrogens with one attached hydrogen (secondary N) is 1. The highest BCUT2D eigenvalue weighted by Crippen LogP contribution is 2.29. The van der Waals surface area contributed by atoms with Gasteiger partial charge in [-0.25, -0.2) is 14.8 Å². The van der Waals surface area contributed by atoms with Crippen LogP contribution in [-0.2, 0) is 11.2 Å². The highest BCUT2D eigenvalue weighted by molar-refractivity contribution is 7.15. The van der Waals surface area contributed by atoms with Gasteiger partial charge in [-0.2, -0.15) is 0 Å². The van der Waals surface area contributed by atoms with Crippen LogP contribution in [0, 0.1) is 12.8 Å². The third kappa shape index (κ3) is 4.28. The van der Waals surface area contributed by atoms with Crippen LogP contribution in [0.25, 0.3) is 16.2 Å². The summed E-state index contributed by atoms with van der Waals surface area (Å²) in [4.78, 5) is 48.1. The zero-order chi connectivity index (χ0) is 24.7. The molecule has 0 spiro atoms. The van der Waals surface area contributed by atoms with Gasteiger partial charge in [-0.05, 0) is 25.0 Å². The second-order valence-corrected chi connectivity index (χ2v) is 10.1. The van der Waals surface area contributed by atoms with E-state index in [1.54, 1.807) is 24.6 Å². The molecule has 0 atom stereocenters. The molecule has 35 heavy (non-hydrogen) atoms. The monoisotopic (exact) mass is 511 g/mol. The maximum atomic E-state index is 12.9. The average Bonchev–Trinajstić information content (AvgIpc) is 3.45. The summed E-state index contributed by atoms with van der Waals surface area (Å²) < 4.78 is 1.54. The molecule has 13 heteroatoms. The van der Waals surface area contributed by atoms with Crippen molar-refractivity contribution in [1.29, 1.82) is 0 Å². The van der Waals surface area contributed by atoms with Crippen molar-refractivity contribution in [3.8, 4) is 5.13 Å². The first kappa shape index (κ1) is 23.1. The van der Waals surface area contributed by atoms with Gasteiger partial charge in [0.15, 0.2) is 10.8 Å². The number of hydrogen-bond donors (Lipinski definition) is 2. The van der Waals surface area contributed by atoms with Gasteiger partial charge in [0.25, 0.3) is 0 Å². The Morgan fingerprint density at radius 1 is 1.29 bits per heavy atom. The highest BCUT2D eigenvalue weighted by Gasteiger charge is 2.34. The van der Waals surface area contributed by atoms with Crippen molar-refractivity contribution >= 4 is 56.5 Å². The van der Waals surface area contributed by atoms with E-state index in [-0.39, 0.29) is 22.8 Å². The summed E-state index contributed by atoms with van der Waals surface area (Å²) in [6.45, 7) is 4.73. The summed E-state index contributed by atoms with van der Waals surface area (Å²) in [5.41, 5.74) is 0.00538. The van der Waals surface area contributed by atoms with Crippen LogP contribution in [0.4, 0.5) is 10.9 Å². The van der Waals surface area contributed by atoms with Crippen LogP contribution < -0.4 is 15.6 Å². The van der Waals surface area contributed by atoms with E-state index in [0.717, 1.165) is 17.8 Å². The van der Waals surface area contributed by atoms with E-state index in [1.807, 2.05) is 4.90 Å². The van der Waals surface area contributed by atoms with Gasteiger partial charge in [0, 0.05) is 37.3 Å². The molecule has 5 rings (SSSR count). The fourth-order valence-corrected chi connectivity index (χ4v) is 5.39. The minimum atomic E-state index is -1.31. The lowest BCUT2D eigenvalue weighted by Crippen LogP contribution is -2.52. The quantitative estimate of drug-likeness (QED) is 0.383. The first-order valence-electron chi connectivity index (χ1n) is 10.9. The number of thiazole rings is 1. The van der Waals surface area contributed by atoms with Crippen molar-refractivity contribution in [3.63, 3.8) is 0 Å². The van der Waals surface area contributed by atoms with Crippen LogP contribution in [0.3, 0.4) is 0 Å². The standard InChI is InChI=1S/C22H21N7O4S2/c1-3-4-15-26-27-21(35-15)25-19(31)12-8-28(9-12)14-7-11(2)16-17(30)13(20(32)33)10-29(18(16)24-14)22-23-5-6-34-22/h5-7,10,12H,3-4,8-9H2,1-2H3,(H,32,33)(H,25,27,31). The molecule has 5 heterocycles. The number of carboxylic acid groups (broad SMARTS) is 1. The number of aryl methyl sites for hydroxylation is 2. The van der Waals surface area contributed by atoms with E-state index in [9.17, 15) is 19.5 Å². The summed E-state index contributed by atoms with van der Waals surface area (Å²) in [6, 6.07) is 1.75. The molecule has 2 N–H and O–H groups in total.